The zero-order chi connectivity index (χ0) is 27.5. The molecule has 0 radical (unpaired) electrons. The molecular weight excluding hydrogens is 506 g/mol. The van der Waals surface area contributed by atoms with Crippen molar-refractivity contribution in [3.8, 4) is 0 Å². The number of carbonyl (C=O) groups excluding carboxylic acids is 4. The molecule has 0 aliphatic carbocycles. The van der Waals surface area contributed by atoms with Crippen molar-refractivity contribution < 1.29 is 33.4 Å². The van der Waals surface area contributed by atoms with E-state index >= 15 is 0 Å². The van der Waals surface area contributed by atoms with Crippen LogP contribution in [-0.4, -0.2) is 92.3 Å². The maximum absolute atomic E-state index is 12.4. The minimum Gasteiger partial charge on any atom is -0.378 e. The van der Waals surface area contributed by atoms with Gasteiger partial charge in [0.25, 0.3) is 0 Å². The van der Waals surface area contributed by atoms with E-state index in [9.17, 15) is 19.2 Å². The van der Waals surface area contributed by atoms with Crippen molar-refractivity contribution in [3.63, 3.8) is 0 Å². The smallest absolute Gasteiger partial charge is 0.242 e. The highest BCUT2D eigenvalue weighted by Gasteiger charge is 2.21. The third-order valence-electron chi connectivity index (χ3n) is 4.99. The Hall–Kier alpha value is -1.34. The number of ether oxygens (including phenoxy) is 3. The number of carbonyl (C=O) groups is 4. The van der Waals surface area contributed by atoms with E-state index in [2.05, 4.69) is 41.2 Å². The second-order valence-corrected chi connectivity index (χ2v) is 9.90. The molecule has 0 spiro atoms. The van der Waals surface area contributed by atoms with Crippen LogP contribution < -0.4 is 16.0 Å². The third kappa shape index (κ3) is 18.0. The van der Waals surface area contributed by atoms with Crippen LogP contribution in [-0.2, 0) is 33.4 Å². The molecule has 0 aromatic heterocycles. The maximum atomic E-state index is 12.4. The molecule has 0 saturated heterocycles. The average Bonchev–Trinajstić information content (AvgIpc) is 2.77. The topological polar surface area (TPSA) is 132 Å². The van der Waals surface area contributed by atoms with Crippen LogP contribution in [0.4, 0.5) is 0 Å². The molecule has 0 aliphatic heterocycles. The molecule has 0 aromatic carbocycles. The van der Waals surface area contributed by atoms with Crippen LogP contribution in [0.5, 0.6) is 0 Å². The Kier molecular flexibility index (Phi) is 19.9. The van der Waals surface area contributed by atoms with Gasteiger partial charge in [0.1, 0.15) is 6.04 Å². The third-order valence-corrected chi connectivity index (χ3v) is 5.50. The van der Waals surface area contributed by atoms with Crippen molar-refractivity contribution in [2.45, 2.75) is 78.1 Å². The quantitative estimate of drug-likeness (QED) is 0.107. The molecule has 0 heterocycles. The van der Waals surface area contributed by atoms with E-state index < -0.39 is 12.1 Å². The van der Waals surface area contributed by atoms with Gasteiger partial charge >= 0.3 is 0 Å². The fourth-order valence-electron chi connectivity index (χ4n) is 3.31. The van der Waals surface area contributed by atoms with Crippen LogP contribution >= 0.6 is 25.3 Å². The molecule has 12 heteroatoms. The second kappa shape index (κ2) is 20.7. The van der Waals surface area contributed by atoms with Gasteiger partial charge in [-0.2, -0.15) is 25.3 Å². The average molecular weight is 552 g/mol. The van der Waals surface area contributed by atoms with Gasteiger partial charge in [0.2, 0.25) is 17.7 Å². The largest absolute Gasteiger partial charge is 0.378 e. The van der Waals surface area contributed by atoms with Gasteiger partial charge in [-0.05, 0) is 44.1 Å². The van der Waals surface area contributed by atoms with Gasteiger partial charge in [0.05, 0.1) is 38.6 Å². The Labute approximate surface area is 226 Å². The monoisotopic (exact) mass is 551 g/mol. The molecule has 0 aromatic rings. The highest BCUT2D eigenvalue weighted by atomic mass is 32.1. The molecule has 0 fully saturated rings. The van der Waals surface area contributed by atoms with Crippen molar-refractivity contribution in [1.29, 1.82) is 0 Å². The first-order valence-corrected chi connectivity index (χ1v) is 13.6. The summed E-state index contributed by atoms with van der Waals surface area (Å²) in [5.41, 5.74) is 0. The summed E-state index contributed by atoms with van der Waals surface area (Å²) in [7, 11) is 0. The van der Waals surface area contributed by atoms with Crippen molar-refractivity contribution in [3.05, 3.63) is 0 Å². The molecule has 0 aliphatic rings. The fraction of sp³-hybridized carbons (Fsp3) is 0.833. The van der Waals surface area contributed by atoms with Crippen LogP contribution in [0.15, 0.2) is 0 Å². The first-order chi connectivity index (χ1) is 17.0. The summed E-state index contributed by atoms with van der Waals surface area (Å²) in [4.78, 5) is 47.2. The summed E-state index contributed by atoms with van der Waals surface area (Å²) in [5, 5.41) is 8.12. The molecule has 10 nitrogen and oxygen atoms in total. The van der Waals surface area contributed by atoms with E-state index in [-0.39, 0.29) is 41.6 Å². The number of Topliss-reactive ketones (excluding diaryl/α,β-unsaturated/α-hetero) is 1. The lowest BCUT2D eigenvalue weighted by Gasteiger charge is -2.21. The van der Waals surface area contributed by atoms with Crippen molar-refractivity contribution in [2.24, 2.45) is 5.92 Å². The number of amides is 3. The van der Waals surface area contributed by atoms with Crippen LogP contribution in [0.3, 0.4) is 0 Å². The second-order valence-electron chi connectivity index (χ2n) is 9.01. The molecule has 0 saturated carbocycles. The molecule has 3 amide bonds. The van der Waals surface area contributed by atoms with Crippen LogP contribution in [0.2, 0.25) is 0 Å². The SMILES string of the molecule is CC(=O)NC(CCS)C(=O)CC(C)COCC(C)OCCOCC(C)NC(=O)C(CCS)NC(C)=O. The van der Waals surface area contributed by atoms with E-state index in [4.69, 9.17) is 14.2 Å². The minimum atomic E-state index is -0.612. The Morgan fingerprint density at radius 2 is 1.33 bits per heavy atom. The number of ketones is 1. The molecule has 0 rings (SSSR count). The first kappa shape index (κ1) is 34.7. The lowest BCUT2D eigenvalue weighted by atomic mass is 9.99. The van der Waals surface area contributed by atoms with Gasteiger partial charge in [-0.3, -0.25) is 19.2 Å². The van der Waals surface area contributed by atoms with Crippen molar-refractivity contribution >= 4 is 48.8 Å². The Bertz CT molecular complexity index is 670. The summed E-state index contributed by atoms with van der Waals surface area (Å²) in [6.07, 6.45) is 1.11. The van der Waals surface area contributed by atoms with Crippen LogP contribution in [0, 0.1) is 5.92 Å². The van der Waals surface area contributed by atoms with Gasteiger partial charge in [-0.1, -0.05) is 6.92 Å². The number of hydrogen-bond acceptors (Lipinski definition) is 9. The van der Waals surface area contributed by atoms with Gasteiger partial charge in [0, 0.05) is 32.9 Å². The molecule has 3 N–H and O–H groups in total. The van der Waals surface area contributed by atoms with E-state index in [0.717, 1.165) is 0 Å². The maximum Gasteiger partial charge on any atom is 0.242 e. The van der Waals surface area contributed by atoms with E-state index in [1.165, 1.54) is 13.8 Å². The standard InChI is InChI=1S/C24H45N3O7S2/c1-16(12-23(30)21(6-10-35)26-19(4)28)13-33-15-18(3)34-9-8-32-14-17(2)25-24(31)22(7-11-36)27-20(5)29/h16-18,21-22,35-36H,6-15H2,1-5H3,(H,25,31)(H,26,28)(H,27,29). The number of nitrogens with one attached hydrogen (secondary N) is 3. The normalized spacial score (nSPS) is 15.3. The number of thiol groups is 2. The van der Waals surface area contributed by atoms with E-state index in [1.807, 2.05) is 20.8 Å². The highest BCUT2D eigenvalue weighted by molar-refractivity contribution is 7.80. The van der Waals surface area contributed by atoms with Gasteiger partial charge < -0.3 is 30.2 Å². The predicted octanol–water partition coefficient (Wildman–Crippen LogP) is 1.17. The summed E-state index contributed by atoms with van der Waals surface area (Å²) in [5.74, 6) is 0.235. The summed E-state index contributed by atoms with van der Waals surface area (Å²) < 4.78 is 16.9. The number of hydrogen-bond donors (Lipinski definition) is 5. The number of rotatable bonds is 21. The Morgan fingerprint density at radius 3 is 1.92 bits per heavy atom. The zero-order valence-corrected chi connectivity index (χ0v) is 24.0. The van der Waals surface area contributed by atoms with Gasteiger partial charge in [-0.25, -0.2) is 0 Å². The lowest BCUT2D eigenvalue weighted by Crippen LogP contribution is -2.49. The van der Waals surface area contributed by atoms with Gasteiger partial charge in [-0.15, -0.1) is 0 Å². The predicted molar refractivity (Wildman–Crippen MR) is 146 cm³/mol. The molecule has 210 valence electrons. The summed E-state index contributed by atoms with van der Waals surface area (Å²) in [6.45, 7) is 10.2. The fourth-order valence-corrected chi connectivity index (χ4v) is 3.83. The van der Waals surface area contributed by atoms with E-state index in [0.29, 0.717) is 63.8 Å². The van der Waals surface area contributed by atoms with Crippen molar-refractivity contribution in [2.75, 3.05) is 44.5 Å². The molecule has 0 bridgehead atoms. The molecular formula is C24H45N3O7S2. The van der Waals surface area contributed by atoms with E-state index in [1.54, 1.807) is 0 Å². The Balaban J connectivity index is 4.05. The summed E-state index contributed by atoms with van der Waals surface area (Å²) >= 11 is 8.28. The first-order valence-electron chi connectivity index (χ1n) is 12.4. The zero-order valence-electron chi connectivity index (χ0n) is 22.2. The molecule has 36 heavy (non-hydrogen) atoms. The highest BCUT2D eigenvalue weighted by Crippen LogP contribution is 2.09. The lowest BCUT2D eigenvalue weighted by molar-refractivity contribution is -0.128. The van der Waals surface area contributed by atoms with Crippen LogP contribution in [0.25, 0.3) is 0 Å². The summed E-state index contributed by atoms with van der Waals surface area (Å²) in [6, 6.07) is -1.34. The molecule has 5 atom stereocenters. The Morgan fingerprint density at radius 1 is 0.750 bits per heavy atom. The van der Waals surface area contributed by atoms with Gasteiger partial charge in [0.15, 0.2) is 5.78 Å². The van der Waals surface area contributed by atoms with Crippen molar-refractivity contribution in [1.82, 2.24) is 16.0 Å². The van der Waals surface area contributed by atoms with Crippen LogP contribution in [0.1, 0.15) is 53.9 Å². The molecule has 5 unspecified atom stereocenters. The minimum absolute atomic E-state index is 0.0129.